The molecule has 1 amide bonds. The molecule has 0 bridgehead atoms. The second kappa shape index (κ2) is 7.58. The van der Waals surface area contributed by atoms with Gasteiger partial charge in [-0.1, -0.05) is 13.8 Å². The molecule has 8 nitrogen and oxygen atoms in total. The first-order chi connectivity index (χ1) is 12.1. The number of carbonyl (C=O) groups is 1. The zero-order chi connectivity index (χ0) is 17.8. The summed E-state index contributed by atoms with van der Waals surface area (Å²) in [6.07, 6.45) is 6.61. The average Bonchev–Trinajstić information content (AvgIpc) is 3.16. The van der Waals surface area contributed by atoms with E-state index >= 15 is 0 Å². The summed E-state index contributed by atoms with van der Waals surface area (Å²) >= 11 is 0. The zero-order valence-electron chi connectivity index (χ0n) is 15.0. The molecule has 1 aliphatic rings. The Balaban J connectivity index is 1.62. The van der Waals surface area contributed by atoms with Crippen LogP contribution in [0, 0.1) is 5.92 Å². The van der Waals surface area contributed by atoms with E-state index in [9.17, 15) is 4.79 Å². The molecule has 0 unspecified atom stereocenters. The van der Waals surface area contributed by atoms with Gasteiger partial charge in [0.15, 0.2) is 5.82 Å². The molecule has 0 aliphatic carbocycles. The quantitative estimate of drug-likeness (QED) is 0.816. The fourth-order valence-corrected chi connectivity index (χ4v) is 3.39. The van der Waals surface area contributed by atoms with Crippen molar-refractivity contribution in [2.45, 2.75) is 38.8 Å². The Hall–Kier alpha value is -2.51. The maximum Gasteiger partial charge on any atom is 0.247 e. The largest absolute Gasteiger partial charge is 0.355 e. The first kappa shape index (κ1) is 17.3. The molecule has 0 radical (unpaired) electrons. The topological polar surface area (TPSA) is 80.0 Å². The van der Waals surface area contributed by atoms with E-state index in [2.05, 4.69) is 25.2 Å². The second-order valence-electron chi connectivity index (χ2n) is 6.81. The number of nitrogens with zero attached hydrogens (tertiary/aromatic N) is 7. The molecule has 8 heteroatoms. The average molecular weight is 343 g/mol. The van der Waals surface area contributed by atoms with Gasteiger partial charge < -0.3 is 9.80 Å². The van der Waals surface area contributed by atoms with Gasteiger partial charge in [0.2, 0.25) is 5.91 Å². The Kier molecular flexibility index (Phi) is 5.25. The van der Waals surface area contributed by atoms with E-state index in [1.54, 1.807) is 17.2 Å². The first-order valence-corrected chi connectivity index (χ1v) is 8.71. The van der Waals surface area contributed by atoms with Crippen molar-refractivity contribution in [3.63, 3.8) is 0 Å². The standard InChI is InChI=1S/C17H25N7O/c1-13(2)16(24-12-18-11-20-24)17(25)23-9-6-14(7-10-23)22(3)15-5-4-8-19-21-15/h4-5,8,11-14,16H,6-7,9-10H2,1-3H3/t16-/m1/s1. The lowest BCUT2D eigenvalue weighted by molar-refractivity contribution is -0.137. The lowest BCUT2D eigenvalue weighted by atomic mass is 9.99. The van der Waals surface area contributed by atoms with Crippen LogP contribution in [0.4, 0.5) is 5.82 Å². The minimum absolute atomic E-state index is 0.126. The zero-order valence-corrected chi connectivity index (χ0v) is 15.0. The van der Waals surface area contributed by atoms with Crippen molar-refractivity contribution in [3.8, 4) is 0 Å². The normalized spacial score (nSPS) is 16.9. The molecule has 0 N–H and O–H groups in total. The van der Waals surface area contributed by atoms with Crippen molar-refractivity contribution in [2.24, 2.45) is 5.92 Å². The molecular formula is C17H25N7O. The van der Waals surface area contributed by atoms with Crippen LogP contribution < -0.4 is 4.90 Å². The molecular weight excluding hydrogens is 318 g/mol. The van der Waals surface area contributed by atoms with Gasteiger partial charge in [0.1, 0.15) is 18.7 Å². The number of anilines is 1. The minimum Gasteiger partial charge on any atom is -0.355 e. The third-order valence-electron chi connectivity index (χ3n) is 4.85. The molecule has 1 fully saturated rings. The van der Waals surface area contributed by atoms with Crippen LogP contribution in [0.2, 0.25) is 0 Å². The van der Waals surface area contributed by atoms with Crippen LogP contribution in [0.1, 0.15) is 32.7 Å². The highest BCUT2D eigenvalue weighted by Gasteiger charge is 2.32. The van der Waals surface area contributed by atoms with Gasteiger partial charge in [-0.2, -0.15) is 10.2 Å². The Labute approximate surface area is 147 Å². The third-order valence-corrected chi connectivity index (χ3v) is 4.85. The van der Waals surface area contributed by atoms with Gasteiger partial charge in [-0.15, -0.1) is 5.10 Å². The SMILES string of the molecule is CC(C)[C@H](C(=O)N1CCC(N(C)c2cccnn2)CC1)n1cncn1. The maximum absolute atomic E-state index is 13.0. The van der Waals surface area contributed by atoms with E-state index in [-0.39, 0.29) is 17.9 Å². The van der Waals surface area contributed by atoms with Crippen molar-refractivity contribution in [2.75, 3.05) is 25.0 Å². The predicted molar refractivity (Wildman–Crippen MR) is 93.9 cm³/mol. The van der Waals surface area contributed by atoms with Gasteiger partial charge in [-0.3, -0.25) is 4.79 Å². The highest BCUT2D eigenvalue weighted by molar-refractivity contribution is 5.80. The molecule has 134 valence electrons. The van der Waals surface area contributed by atoms with Crippen LogP contribution in [-0.2, 0) is 4.79 Å². The van der Waals surface area contributed by atoms with Gasteiger partial charge in [-0.25, -0.2) is 9.67 Å². The van der Waals surface area contributed by atoms with E-state index < -0.39 is 0 Å². The summed E-state index contributed by atoms with van der Waals surface area (Å²) in [5.74, 6) is 1.16. The number of likely N-dealkylation sites (tertiary alicyclic amines) is 1. The molecule has 1 saturated heterocycles. The fraction of sp³-hybridized carbons (Fsp3) is 0.588. The van der Waals surface area contributed by atoms with Gasteiger partial charge >= 0.3 is 0 Å². The Morgan fingerprint density at radius 2 is 2.08 bits per heavy atom. The molecule has 3 rings (SSSR count). The smallest absolute Gasteiger partial charge is 0.247 e. The third kappa shape index (κ3) is 3.78. The molecule has 2 aromatic heterocycles. The summed E-state index contributed by atoms with van der Waals surface area (Å²) in [6.45, 7) is 5.57. The second-order valence-corrected chi connectivity index (χ2v) is 6.81. The number of piperidine rings is 1. The Bertz CT molecular complexity index is 666. The molecule has 25 heavy (non-hydrogen) atoms. The highest BCUT2D eigenvalue weighted by Crippen LogP contribution is 2.24. The predicted octanol–water partition coefficient (Wildman–Crippen LogP) is 1.39. The number of amides is 1. The van der Waals surface area contributed by atoms with Crippen LogP contribution >= 0.6 is 0 Å². The summed E-state index contributed by atoms with van der Waals surface area (Å²) in [4.78, 5) is 21.1. The van der Waals surface area contributed by atoms with Crippen molar-refractivity contribution in [1.29, 1.82) is 0 Å². The van der Waals surface area contributed by atoms with Crippen molar-refractivity contribution in [1.82, 2.24) is 29.9 Å². The number of hydrogen-bond donors (Lipinski definition) is 0. The molecule has 0 spiro atoms. The van der Waals surface area contributed by atoms with Crippen molar-refractivity contribution < 1.29 is 4.79 Å². The molecule has 0 aromatic carbocycles. The fourth-order valence-electron chi connectivity index (χ4n) is 3.39. The van der Waals surface area contributed by atoms with Crippen LogP contribution in [-0.4, -0.2) is 61.9 Å². The number of carbonyl (C=O) groups excluding carboxylic acids is 1. The van der Waals surface area contributed by atoms with Crippen molar-refractivity contribution >= 4 is 11.7 Å². The summed E-state index contributed by atoms with van der Waals surface area (Å²) < 4.78 is 1.67. The van der Waals surface area contributed by atoms with Crippen LogP contribution in [0.3, 0.4) is 0 Å². The van der Waals surface area contributed by atoms with E-state index in [4.69, 9.17) is 0 Å². The van der Waals surface area contributed by atoms with Crippen LogP contribution in [0.15, 0.2) is 31.0 Å². The summed E-state index contributed by atoms with van der Waals surface area (Å²) in [7, 11) is 2.04. The highest BCUT2D eigenvalue weighted by atomic mass is 16.2. The monoisotopic (exact) mass is 343 g/mol. The van der Waals surface area contributed by atoms with Crippen molar-refractivity contribution in [3.05, 3.63) is 31.0 Å². The lowest BCUT2D eigenvalue weighted by Crippen LogP contribution is -2.48. The molecule has 1 atom stereocenters. The van der Waals surface area contributed by atoms with Gasteiger partial charge in [0.25, 0.3) is 0 Å². The maximum atomic E-state index is 13.0. The summed E-state index contributed by atoms with van der Waals surface area (Å²) in [5.41, 5.74) is 0. The van der Waals surface area contributed by atoms with Gasteiger partial charge in [0.05, 0.1) is 0 Å². The van der Waals surface area contributed by atoms with E-state index in [1.807, 2.05) is 37.9 Å². The number of aromatic nitrogens is 5. The lowest BCUT2D eigenvalue weighted by Gasteiger charge is -2.38. The summed E-state index contributed by atoms with van der Waals surface area (Å²) in [6, 6.07) is 3.92. The number of hydrogen-bond acceptors (Lipinski definition) is 6. The van der Waals surface area contributed by atoms with E-state index in [0.717, 1.165) is 31.7 Å². The first-order valence-electron chi connectivity index (χ1n) is 8.71. The molecule has 0 saturated carbocycles. The molecule has 1 aliphatic heterocycles. The molecule has 3 heterocycles. The van der Waals surface area contributed by atoms with Crippen LogP contribution in [0.25, 0.3) is 0 Å². The molecule has 2 aromatic rings. The Morgan fingerprint density at radius 3 is 2.64 bits per heavy atom. The van der Waals surface area contributed by atoms with Crippen LogP contribution in [0.5, 0.6) is 0 Å². The van der Waals surface area contributed by atoms with Gasteiger partial charge in [-0.05, 0) is 30.9 Å². The van der Waals surface area contributed by atoms with Gasteiger partial charge in [0, 0.05) is 32.4 Å². The number of rotatable bonds is 5. The Morgan fingerprint density at radius 1 is 1.32 bits per heavy atom. The van der Waals surface area contributed by atoms with E-state index in [0.29, 0.717) is 6.04 Å². The van der Waals surface area contributed by atoms with E-state index in [1.165, 1.54) is 6.33 Å². The minimum atomic E-state index is -0.295. The summed E-state index contributed by atoms with van der Waals surface area (Å²) in [5, 5.41) is 12.3.